The highest BCUT2D eigenvalue weighted by Crippen LogP contribution is 2.77. The van der Waals surface area contributed by atoms with E-state index < -0.39 is 0 Å². The third-order valence-electron chi connectivity index (χ3n) is 13.4. The summed E-state index contributed by atoms with van der Waals surface area (Å²) in [5.74, 6) is 2.20. The van der Waals surface area contributed by atoms with Crippen molar-refractivity contribution in [2.45, 2.75) is 111 Å². The van der Waals surface area contributed by atoms with Crippen molar-refractivity contribution >= 4 is 5.91 Å². The molecule has 3 saturated carbocycles. The fourth-order valence-corrected chi connectivity index (χ4v) is 10.8. The molecule has 0 aromatic heterocycles. The van der Waals surface area contributed by atoms with Gasteiger partial charge in [-0.25, -0.2) is 0 Å². The van der Waals surface area contributed by atoms with Crippen LogP contribution >= 0.6 is 0 Å². The molecule has 4 nitrogen and oxygen atoms in total. The molecule has 1 N–H and O–H groups in total. The van der Waals surface area contributed by atoms with Gasteiger partial charge in [0, 0.05) is 25.7 Å². The zero-order valence-corrected chi connectivity index (χ0v) is 24.2. The van der Waals surface area contributed by atoms with Crippen molar-refractivity contribution < 1.29 is 4.79 Å². The fourth-order valence-electron chi connectivity index (χ4n) is 10.8. The number of amides is 1. The lowest BCUT2D eigenvalue weighted by molar-refractivity contribution is -0.137. The van der Waals surface area contributed by atoms with Crippen molar-refractivity contribution in [1.82, 2.24) is 15.1 Å². The van der Waals surface area contributed by atoms with E-state index in [0.717, 1.165) is 24.7 Å². The number of rotatable bonds is 4. The molecule has 1 heterocycles. The van der Waals surface area contributed by atoms with E-state index in [1.165, 1.54) is 45.1 Å². The minimum Gasteiger partial charge on any atom is -0.341 e. The summed E-state index contributed by atoms with van der Waals surface area (Å²) < 4.78 is 0. The molecule has 0 bridgehead atoms. The summed E-state index contributed by atoms with van der Waals surface area (Å²) in [4.78, 5) is 18.1. The van der Waals surface area contributed by atoms with Gasteiger partial charge >= 0.3 is 0 Å². The Labute approximate surface area is 215 Å². The predicted molar refractivity (Wildman–Crippen MR) is 145 cm³/mol. The predicted octanol–water partition coefficient (Wildman–Crippen LogP) is 5.73. The summed E-state index contributed by atoms with van der Waals surface area (Å²) in [5.41, 5.74) is 3.41. The summed E-state index contributed by atoms with van der Waals surface area (Å²) in [6, 6.07) is 0.954. The lowest BCUT2D eigenvalue weighted by Gasteiger charge is -2.64. The van der Waals surface area contributed by atoms with E-state index >= 15 is 0 Å². The van der Waals surface area contributed by atoms with Gasteiger partial charge in [0.25, 0.3) is 0 Å². The van der Waals surface area contributed by atoms with Crippen LogP contribution in [-0.2, 0) is 4.79 Å². The van der Waals surface area contributed by atoms with Crippen LogP contribution in [-0.4, -0.2) is 61.5 Å². The second kappa shape index (κ2) is 8.32. The van der Waals surface area contributed by atoms with Gasteiger partial charge in [-0.2, -0.15) is 0 Å². The Morgan fingerprint density at radius 2 is 1.77 bits per heavy atom. The number of likely N-dealkylation sites (tertiary alicyclic amines) is 1. The van der Waals surface area contributed by atoms with Gasteiger partial charge in [-0.3, -0.25) is 4.79 Å². The maximum Gasteiger partial charge on any atom is 0.239 e. The first kappa shape index (κ1) is 25.8. The molecule has 5 rings (SSSR count). The zero-order valence-electron chi connectivity index (χ0n) is 24.2. The van der Waals surface area contributed by atoms with Crippen LogP contribution in [0.1, 0.15) is 92.9 Å². The fraction of sp³-hybridized carbons (Fsp3) is 0.903. The van der Waals surface area contributed by atoms with Crippen LogP contribution in [0.15, 0.2) is 11.6 Å². The van der Waals surface area contributed by atoms with Crippen LogP contribution in [0.4, 0.5) is 0 Å². The molecule has 0 radical (unpaired) electrons. The van der Waals surface area contributed by atoms with E-state index in [1.54, 1.807) is 5.57 Å². The molecule has 0 aromatic rings. The van der Waals surface area contributed by atoms with Gasteiger partial charge in [0.05, 0.1) is 6.04 Å². The number of hydrogen-bond donors (Lipinski definition) is 1. The molecule has 1 saturated heterocycles. The van der Waals surface area contributed by atoms with Crippen LogP contribution < -0.4 is 5.32 Å². The van der Waals surface area contributed by atoms with E-state index in [-0.39, 0.29) is 11.9 Å². The van der Waals surface area contributed by atoms with Crippen LogP contribution in [0.3, 0.4) is 0 Å². The minimum atomic E-state index is -0.0869. The average Bonchev–Trinajstić information content (AvgIpc) is 3.16. The van der Waals surface area contributed by atoms with Crippen LogP contribution in [0.2, 0.25) is 0 Å². The first-order valence-corrected chi connectivity index (χ1v) is 14.7. The average molecular weight is 484 g/mol. The van der Waals surface area contributed by atoms with E-state index in [4.69, 9.17) is 0 Å². The largest absolute Gasteiger partial charge is 0.341 e. The molecule has 4 heteroatoms. The van der Waals surface area contributed by atoms with Crippen molar-refractivity contribution in [2.24, 2.45) is 39.4 Å². The Morgan fingerprint density at radius 1 is 1.09 bits per heavy atom. The number of allylic oxidation sites excluding steroid dienone is 1. The van der Waals surface area contributed by atoms with Gasteiger partial charge in [-0.15, -0.1) is 0 Å². The van der Waals surface area contributed by atoms with Gasteiger partial charge in [-0.1, -0.05) is 46.3 Å². The monoisotopic (exact) mass is 483 g/mol. The van der Waals surface area contributed by atoms with E-state index in [9.17, 15) is 4.79 Å². The second-order valence-corrected chi connectivity index (χ2v) is 14.5. The Morgan fingerprint density at radius 3 is 2.43 bits per heavy atom. The Balaban J connectivity index is 1.40. The van der Waals surface area contributed by atoms with Gasteiger partial charge < -0.3 is 15.1 Å². The van der Waals surface area contributed by atoms with Gasteiger partial charge in [-0.05, 0) is 112 Å². The molecule has 0 aromatic carbocycles. The van der Waals surface area contributed by atoms with Gasteiger partial charge in [0.15, 0.2) is 0 Å². The Kier molecular flexibility index (Phi) is 6.12. The van der Waals surface area contributed by atoms with Crippen molar-refractivity contribution in [1.29, 1.82) is 0 Å². The highest BCUT2D eigenvalue weighted by molar-refractivity contribution is 5.82. The summed E-state index contributed by atoms with van der Waals surface area (Å²) >= 11 is 0. The van der Waals surface area contributed by atoms with Crippen LogP contribution in [0.5, 0.6) is 0 Å². The first-order chi connectivity index (χ1) is 16.4. The Bertz CT molecular complexity index is 898. The smallest absolute Gasteiger partial charge is 0.239 e. The zero-order chi connectivity index (χ0) is 25.6. The summed E-state index contributed by atoms with van der Waals surface area (Å²) in [7, 11) is 6.36. The third kappa shape index (κ3) is 3.20. The van der Waals surface area contributed by atoms with Crippen LogP contribution in [0.25, 0.3) is 0 Å². The number of nitrogens with one attached hydrogen (secondary N) is 1. The maximum absolute atomic E-state index is 13.3. The number of carbonyl (C=O) groups excluding carboxylic acids is 1. The first-order valence-electron chi connectivity index (χ1n) is 14.7. The van der Waals surface area contributed by atoms with Crippen molar-refractivity contribution in [3.05, 3.63) is 11.6 Å². The number of nitrogens with zero attached hydrogens (tertiary/aromatic N) is 2. The molecule has 4 aliphatic carbocycles. The molecule has 1 aliphatic heterocycles. The molecule has 198 valence electrons. The number of carbonyl (C=O) groups is 1. The molecule has 9 atom stereocenters. The normalized spacial score (nSPS) is 48.0. The number of hydrogen-bond acceptors (Lipinski definition) is 3. The van der Waals surface area contributed by atoms with Crippen LogP contribution in [0, 0.1) is 39.4 Å². The Hall–Kier alpha value is -0.870. The minimum absolute atomic E-state index is 0.0869. The SMILES string of the molecule is CN[C@@H](C(=O)N(C)[C@H]1CC[C@@]2(C)C(=CC[C@@H]3[C@@H]2CC[C@]24CN(C)[C@@H](C)[C@@]2(C)CC[C@@]34C)C1)C(C)C. The molecule has 1 spiro atoms. The highest BCUT2D eigenvalue weighted by Gasteiger charge is 2.73. The van der Waals surface area contributed by atoms with E-state index in [0.29, 0.717) is 39.7 Å². The van der Waals surface area contributed by atoms with Crippen molar-refractivity contribution in [2.75, 3.05) is 27.7 Å². The molecule has 5 aliphatic rings. The molecule has 0 unspecified atom stereocenters. The lowest BCUT2D eigenvalue weighted by atomic mass is 9.41. The standard InChI is InChI=1S/C31H53N3O/c1-20(2)26(32-7)27(35)34(9)23-12-14-28(4)22(18-23)10-11-25-24(28)13-15-31-19-33(8)21(3)29(31,5)16-17-30(25,31)6/h10,20-21,23-26,32H,11-19H2,1-9H3/t21-,23-,24-,25+,26+,28-,29+,30-,31-/m0/s1. The second-order valence-electron chi connectivity index (χ2n) is 14.5. The summed E-state index contributed by atoms with van der Waals surface area (Å²) in [6.07, 6.45) is 13.0. The topological polar surface area (TPSA) is 35.6 Å². The summed E-state index contributed by atoms with van der Waals surface area (Å²) in [5, 5.41) is 3.27. The van der Waals surface area contributed by atoms with Gasteiger partial charge in [0.1, 0.15) is 0 Å². The van der Waals surface area contributed by atoms with Gasteiger partial charge in [0.2, 0.25) is 5.91 Å². The molecule has 4 fully saturated rings. The lowest BCUT2D eigenvalue weighted by Crippen LogP contribution is -2.59. The van der Waals surface area contributed by atoms with E-state index in [2.05, 4.69) is 76.8 Å². The third-order valence-corrected chi connectivity index (χ3v) is 13.4. The quantitative estimate of drug-likeness (QED) is 0.519. The van der Waals surface area contributed by atoms with Crippen molar-refractivity contribution in [3.63, 3.8) is 0 Å². The summed E-state index contributed by atoms with van der Waals surface area (Å²) in [6.45, 7) is 16.1. The molecule has 1 amide bonds. The van der Waals surface area contributed by atoms with Crippen molar-refractivity contribution in [3.8, 4) is 0 Å². The molecular formula is C31H53N3O. The molecule has 35 heavy (non-hydrogen) atoms. The number of fused-ring (bicyclic) bond motifs is 4. The maximum atomic E-state index is 13.3. The number of likely N-dealkylation sites (N-methyl/N-ethyl adjacent to an activating group) is 2. The highest BCUT2D eigenvalue weighted by atomic mass is 16.2. The van der Waals surface area contributed by atoms with E-state index in [1.807, 2.05) is 7.05 Å². The molecular weight excluding hydrogens is 430 g/mol.